The normalized spacial score (nSPS) is 10.9. The summed E-state index contributed by atoms with van der Waals surface area (Å²) >= 11 is 5.31. The van der Waals surface area contributed by atoms with Crippen molar-refractivity contribution in [1.82, 2.24) is 9.97 Å². The third-order valence-electron chi connectivity index (χ3n) is 3.23. The number of benzene rings is 2. The first kappa shape index (κ1) is 14.4. The lowest BCUT2D eigenvalue weighted by molar-refractivity contribution is 0.619. The summed E-state index contributed by atoms with van der Waals surface area (Å²) in [6.07, 6.45) is 0. The van der Waals surface area contributed by atoms with Gasteiger partial charge < -0.3 is 16.0 Å². The number of nitrogens with one attached hydrogen (secondary N) is 2. The number of aryl methyl sites for hydroxylation is 1. The number of nitrogens with two attached hydrogens (primary N) is 1. The van der Waals surface area contributed by atoms with Crippen molar-refractivity contribution >= 4 is 39.9 Å². The van der Waals surface area contributed by atoms with E-state index < -0.39 is 5.82 Å². The van der Waals surface area contributed by atoms with Crippen LogP contribution in [0.2, 0.25) is 0 Å². The molecule has 0 fully saturated rings. The molecule has 7 heteroatoms. The van der Waals surface area contributed by atoms with Crippen LogP contribution in [0.1, 0.15) is 11.1 Å². The predicted octanol–water partition coefficient (Wildman–Crippen LogP) is 3.52. The summed E-state index contributed by atoms with van der Waals surface area (Å²) in [4.78, 5) is 7.16. The molecule has 0 spiro atoms. The van der Waals surface area contributed by atoms with Crippen LogP contribution in [0.25, 0.3) is 11.0 Å². The highest BCUT2D eigenvalue weighted by molar-refractivity contribution is 7.81. The lowest BCUT2D eigenvalue weighted by Crippen LogP contribution is -2.12. The zero-order valence-electron chi connectivity index (χ0n) is 11.6. The van der Waals surface area contributed by atoms with Crippen molar-refractivity contribution in [2.45, 2.75) is 6.92 Å². The average Bonchev–Trinajstić information content (AvgIpc) is 2.82. The number of hydrogen-bond acceptors (Lipinski definition) is 3. The maximum Gasteiger partial charge on any atom is 0.198 e. The van der Waals surface area contributed by atoms with Crippen LogP contribution in [-0.4, -0.2) is 15.0 Å². The molecule has 4 nitrogen and oxygen atoms in total. The Balaban J connectivity index is 1.99. The van der Waals surface area contributed by atoms with Crippen LogP contribution in [0.4, 0.5) is 20.4 Å². The van der Waals surface area contributed by atoms with E-state index in [9.17, 15) is 8.78 Å². The number of fused-ring (bicyclic) bond motifs is 1. The van der Waals surface area contributed by atoms with Gasteiger partial charge in [0.25, 0.3) is 0 Å². The smallest absolute Gasteiger partial charge is 0.198 e. The van der Waals surface area contributed by atoms with E-state index in [0.717, 1.165) is 0 Å². The van der Waals surface area contributed by atoms with E-state index in [1.165, 1.54) is 18.2 Å². The van der Waals surface area contributed by atoms with Gasteiger partial charge in [-0.3, -0.25) is 0 Å². The molecule has 0 radical (unpaired) electrons. The molecular weight excluding hydrogens is 306 g/mol. The van der Waals surface area contributed by atoms with Crippen molar-refractivity contribution in [2.75, 3.05) is 11.1 Å². The van der Waals surface area contributed by atoms with Gasteiger partial charge in [-0.25, -0.2) is 13.8 Å². The Labute approximate surface area is 130 Å². The molecule has 0 saturated carbocycles. The fraction of sp³-hybridized carbons (Fsp3) is 0.0667. The first-order valence-corrected chi connectivity index (χ1v) is 6.87. The highest BCUT2D eigenvalue weighted by Gasteiger charge is 2.13. The molecule has 0 amide bonds. The summed E-state index contributed by atoms with van der Waals surface area (Å²) in [5, 5.41) is 2.96. The van der Waals surface area contributed by atoms with E-state index in [4.69, 9.17) is 18.0 Å². The van der Waals surface area contributed by atoms with Gasteiger partial charge in [0.05, 0.1) is 5.52 Å². The maximum absolute atomic E-state index is 13.7. The van der Waals surface area contributed by atoms with Gasteiger partial charge in [0, 0.05) is 11.3 Å². The third-order valence-corrected chi connectivity index (χ3v) is 3.55. The number of imidazole rings is 1. The number of halogens is 2. The van der Waals surface area contributed by atoms with Gasteiger partial charge in [-0.05, 0) is 42.8 Å². The SMILES string of the molecule is Cc1cc(NC(=S)c2cc(F)cc3[nH]c(N)nc23)ccc1F. The quantitative estimate of drug-likeness (QED) is 0.633. The fourth-order valence-corrected chi connectivity index (χ4v) is 2.47. The van der Waals surface area contributed by atoms with Crippen LogP contribution in [0.5, 0.6) is 0 Å². The van der Waals surface area contributed by atoms with Gasteiger partial charge in [-0.15, -0.1) is 0 Å². The predicted molar refractivity (Wildman–Crippen MR) is 86.9 cm³/mol. The number of H-pyrrole nitrogens is 1. The molecule has 4 N–H and O–H groups in total. The number of rotatable bonds is 2. The van der Waals surface area contributed by atoms with Crippen LogP contribution in [0.15, 0.2) is 30.3 Å². The van der Waals surface area contributed by atoms with Gasteiger partial charge in [-0.1, -0.05) is 12.2 Å². The molecule has 3 rings (SSSR count). The molecule has 3 aromatic rings. The van der Waals surface area contributed by atoms with E-state index in [-0.39, 0.29) is 16.8 Å². The first-order valence-electron chi connectivity index (χ1n) is 6.46. The number of aromatic amines is 1. The molecule has 2 aromatic carbocycles. The van der Waals surface area contributed by atoms with Gasteiger partial charge in [0.2, 0.25) is 0 Å². The average molecular weight is 318 g/mol. The second-order valence-corrected chi connectivity index (χ2v) is 5.30. The van der Waals surface area contributed by atoms with Crippen LogP contribution in [0.3, 0.4) is 0 Å². The van der Waals surface area contributed by atoms with Crippen molar-refractivity contribution in [3.63, 3.8) is 0 Å². The van der Waals surface area contributed by atoms with Crippen LogP contribution in [0, 0.1) is 18.6 Å². The minimum Gasteiger partial charge on any atom is -0.369 e. The largest absolute Gasteiger partial charge is 0.369 e. The maximum atomic E-state index is 13.7. The van der Waals surface area contributed by atoms with E-state index in [0.29, 0.717) is 27.8 Å². The van der Waals surface area contributed by atoms with Crippen molar-refractivity contribution < 1.29 is 8.78 Å². The fourth-order valence-electron chi connectivity index (χ4n) is 2.20. The summed E-state index contributed by atoms with van der Waals surface area (Å²) in [5.74, 6) is -0.572. The lowest BCUT2D eigenvalue weighted by atomic mass is 10.1. The Morgan fingerprint density at radius 2 is 2.05 bits per heavy atom. The Hall–Kier alpha value is -2.54. The number of aromatic nitrogens is 2. The zero-order chi connectivity index (χ0) is 15.9. The summed E-state index contributed by atoms with van der Waals surface area (Å²) in [6.45, 7) is 1.65. The minimum atomic E-state index is -0.453. The lowest BCUT2D eigenvalue weighted by Gasteiger charge is -2.10. The standard InChI is InChI=1S/C15H12F2N4S/c1-7-4-9(2-3-11(7)17)19-14(22)10-5-8(16)6-12-13(10)21-15(18)20-12/h2-6H,1H3,(H,19,22)(H3,18,20,21). The van der Waals surface area contributed by atoms with Crippen molar-refractivity contribution in [3.05, 3.63) is 53.1 Å². The molecule has 0 bridgehead atoms. The van der Waals surface area contributed by atoms with Gasteiger partial charge in [0.15, 0.2) is 5.95 Å². The van der Waals surface area contributed by atoms with E-state index in [2.05, 4.69) is 15.3 Å². The van der Waals surface area contributed by atoms with Crippen LogP contribution >= 0.6 is 12.2 Å². The van der Waals surface area contributed by atoms with Crippen molar-refractivity contribution in [1.29, 1.82) is 0 Å². The van der Waals surface area contributed by atoms with Gasteiger partial charge >= 0.3 is 0 Å². The summed E-state index contributed by atoms with van der Waals surface area (Å²) in [5.41, 5.74) is 8.07. The zero-order valence-corrected chi connectivity index (χ0v) is 12.4. The molecule has 1 heterocycles. The first-order chi connectivity index (χ1) is 10.4. The third kappa shape index (κ3) is 2.62. The van der Waals surface area contributed by atoms with Gasteiger partial charge in [-0.2, -0.15) is 0 Å². The Bertz CT molecular complexity index is 889. The monoisotopic (exact) mass is 318 g/mol. The summed E-state index contributed by atoms with van der Waals surface area (Å²) in [7, 11) is 0. The van der Waals surface area contributed by atoms with Gasteiger partial charge in [0.1, 0.15) is 22.1 Å². The molecular formula is C15H12F2N4S. The number of nitrogen functional groups attached to an aromatic ring is 1. The molecule has 1 aromatic heterocycles. The number of thiocarbonyl (C=S) groups is 1. The topological polar surface area (TPSA) is 66.7 Å². The van der Waals surface area contributed by atoms with Crippen LogP contribution in [-0.2, 0) is 0 Å². The Morgan fingerprint density at radius 3 is 2.77 bits per heavy atom. The molecule has 0 aliphatic carbocycles. The molecule has 0 atom stereocenters. The number of nitrogens with zero attached hydrogens (tertiary/aromatic N) is 1. The number of anilines is 2. The van der Waals surface area contributed by atoms with Crippen molar-refractivity contribution in [2.24, 2.45) is 0 Å². The Morgan fingerprint density at radius 1 is 1.27 bits per heavy atom. The molecule has 22 heavy (non-hydrogen) atoms. The second-order valence-electron chi connectivity index (χ2n) is 4.89. The van der Waals surface area contributed by atoms with Crippen molar-refractivity contribution in [3.8, 4) is 0 Å². The molecule has 0 saturated heterocycles. The molecule has 0 unspecified atom stereocenters. The minimum absolute atomic E-state index is 0.183. The van der Waals surface area contributed by atoms with E-state index >= 15 is 0 Å². The number of hydrogen-bond donors (Lipinski definition) is 3. The Kier molecular flexibility index (Phi) is 3.50. The molecule has 112 valence electrons. The highest BCUT2D eigenvalue weighted by Crippen LogP contribution is 2.22. The summed E-state index contributed by atoms with van der Waals surface area (Å²) < 4.78 is 27.0. The van der Waals surface area contributed by atoms with E-state index in [1.54, 1.807) is 19.1 Å². The van der Waals surface area contributed by atoms with Crippen LogP contribution < -0.4 is 11.1 Å². The second kappa shape index (κ2) is 5.34. The van der Waals surface area contributed by atoms with E-state index in [1.807, 2.05) is 0 Å². The molecule has 0 aliphatic heterocycles. The molecule has 0 aliphatic rings. The summed E-state index contributed by atoms with van der Waals surface area (Å²) in [6, 6.07) is 7.11. The highest BCUT2D eigenvalue weighted by atomic mass is 32.1.